The molecule has 1 nitrogen and oxygen atoms in total. The maximum absolute atomic E-state index is 6.61. The summed E-state index contributed by atoms with van der Waals surface area (Å²) in [4.78, 5) is 0. The van der Waals surface area contributed by atoms with Crippen LogP contribution in [-0.2, 0) is 0 Å². The van der Waals surface area contributed by atoms with Crippen molar-refractivity contribution in [3.63, 3.8) is 0 Å². The molecule has 0 spiro atoms. The van der Waals surface area contributed by atoms with Gasteiger partial charge in [-0.2, -0.15) is 0 Å². The maximum atomic E-state index is 6.61. The Kier molecular flexibility index (Phi) is 3.39. The van der Waals surface area contributed by atoms with Crippen LogP contribution in [0.25, 0.3) is 0 Å². The SMILES string of the molecule is CCC1CCC(C2(N)CCC(C)C2)CC1. The Balaban J connectivity index is 1.90. The van der Waals surface area contributed by atoms with Crippen LogP contribution in [0.15, 0.2) is 0 Å². The van der Waals surface area contributed by atoms with Gasteiger partial charge in [-0.05, 0) is 49.9 Å². The number of hydrogen-bond donors (Lipinski definition) is 1. The van der Waals surface area contributed by atoms with Gasteiger partial charge in [-0.3, -0.25) is 0 Å². The predicted octanol–water partition coefficient (Wildman–Crippen LogP) is 3.72. The fourth-order valence-corrected chi connectivity index (χ4v) is 3.88. The van der Waals surface area contributed by atoms with Crippen molar-refractivity contribution in [1.82, 2.24) is 0 Å². The molecule has 2 rings (SSSR count). The van der Waals surface area contributed by atoms with Gasteiger partial charge in [-0.25, -0.2) is 0 Å². The molecular formula is C14H27N. The minimum Gasteiger partial charge on any atom is -0.325 e. The van der Waals surface area contributed by atoms with Gasteiger partial charge in [0.05, 0.1) is 0 Å². The number of nitrogens with two attached hydrogens (primary N) is 1. The third-order valence-corrected chi connectivity index (χ3v) is 5.07. The molecule has 15 heavy (non-hydrogen) atoms. The Labute approximate surface area is 94.8 Å². The van der Waals surface area contributed by atoms with E-state index in [4.69, 9.17) is 5.73 Å². The van der Waals surface area contributed by atoms with Gasteiger partial charge in [0.1, 0.15) is 0 Å². The molecule has 2 aliphatic carbocycles. The van der Waals surface area contributed by atoms with Crippen molar-refractivity contribution < 1.29 is 0 Å². The summed E-state index contributed by atoms with van der Waals surface area (Å²) in [6, 6.07) is 0. The Hall–Kier alpha value is -0.0400. The van der Waals surface area contributed by atoms with Crippen molar-refractivity contribution in [1.29, 1.82) is 0 Å². The molecule has 2 aliphatic rings. The van der Waals surface area contributed by atoms with E-state index in [9.17, 15) is 0 Å². The molecule has 0 aromatic rings. The summed E-state index contributed by atoms with van der Waals surface area (Å²) < 4.78 is 0. The van der Waals surface area contributed by atoms with E-state index in [1.54, 1.807) is 0 Å². The van der Waals surface area contributed by atoms with Crippen molar-refractivity contribution in [3.05, 3.63) is 0 Å². The van der Waals surface area contributed by atoms with E-state index in [1.807, 2.05) is 0 Å². The van der Waals surface area contributed by atoms with Gasteiger partial charge in [-0.1, -0.05) is 33.1 Å². The van der Waals surface area contributed by atoms with Crippen molar-refractivity contribution in [2.24, 2.45) is 23.5 Å². The van der Waals surface area contributed by atoms with E-state index >= 15 is 0 Å². The summed E-state index contributed by atoms with van der Waals surface area (Å²) in [6.45, 7) is 4.70. The fraction of sp³-hybridized carbons (Fsp3) is 1.00. The quantitative estimate of drug-likeness (QED) is 0.737. The topological polar surface area (TPSA) is 26.0 Å². The van der Waals surface area contributed by atoms with Crippen molar-refractivity contribution >= 4 is 0 Å². The van der Waals surface area contributed by atoms with E-state index in [1.165, 1.54) is 51.4 Å². The minimum atomic E-state index is 0.220. The Morgan fingerprint density at radius 3 is 2.27 bits per heavy atom. The van der Waals surface area contributed by atoms with Crippen molar-refractivity contribution in [2.45, 2.75) is 70.8 Å². The minimum absolute atomic E-state index is 0.220. The van der Waals surface area contributed by atoms with Crippen LogP contribution in [0.4, 0.5) is 0 Å². The van der Waals surface area contributed by atoms with Crippen molar-refractivity contribution in [2.75, 3.05) is 0 Å². The normalized spacial score (nSPS) is 47.0. The van der Waals surface area contributed by atoms with Crippen LogP contribution in [0, 0.1) is 17.8 Å². The zero-order valence-electron chi connectivity index (χ0n) is 10.5. The van der Waals surface area contributed by atoms with Gasteiger partial charge in [-0.15, -0.1) is 0 Å². The Morgan fingerprint density at radius 1 is 1.13 bits per heavy atom. The first-order chi connectivity index (χ1) is 7.14. The Bertz CT molecular complexity index is 205. The van der Waals surface area contributed by atoms with E-state index in [0.29, 0.717) is 0 Å². The monoisotopic (exact) mass is 209 g/mol. The van der Waals surface area contributed by atoms with Crippen LogP contribution < -0.4 is 5.73 Å². The van der Waals surface area contributed by atoms with E-state index in [-0.39, 0.29) is 5.54 Å². The van der Waals surface area contributed by atoms with E-state index < -0.39 is 0 Å². The Morgan fingerprint density at radius 2 is 1.80 bits per heavy atom. The van der Waals surface area contributed by atoms with E-state index in [0.717, 1.165) is 17.8 Å². The molecule has 2 unspecified atom stereocenters. The average Bonchev–Trinajstić information content (AvgIpc) is 2.60. The van der Waals surface area contributed by atoms with Gasteiger partial charge >= 0.3 is 0 Å². The molecule has 2 saturated carbocycles. The smallest absolute Gasteiger partial charge is 0.0185 e. The summed E-state index contributed by atoms with van der Waals surface area (Å²) in [5.74, 6) is 2.72. The first-order valence-electron chi connectivity index (χ1n) is 6.93. The third-order valence-electron chi connectivity index (χ3n) is 5.07. The largest absolute Gasteiger partial charge is 0.325 e. The molecule has 0 aromatic carbocycles. The standard InChI is InChI=1S/C14H27N/c1-3-12-4-6-13(7-5-12)14(15)9-8-11(2)10-14/h11-13H,3-10,15H2,1-2H3. The second-order valence-electron chi connectivity index (χ2n) is 6.21. The first kappa shape index (κ1) is 11.4. The van der Waals surface area contributed by atoms with Gasteiger partial charge in [0.2, 0.25) is 0 Å². The highest BCUT2D eigenvalue weighted by Gasteiger charge is 2.41. The molecule has 2 atom stereocenters. The van der Waals surface area contributed by atoms with Crippen LogP contribution in [0.5, 0.6) is 0 Å². The summed E-state index contributed by atoms with van der Waals surface area (Å²) >= 11 is 0. The lowest BCUT2D eigenvalue weighted by Crippen LogP contribution is -2.46. The molecule has 0 amide bonds. The summed E-state index contributed by atoms with van der Waals surface area (Å²) in [7, 11) is 0. The number of hydrogen-bond acceptors (Lipinski definition) is 1. The lowest BCUT2D eigenvalue weighted by molar-refractivity contribution is 0.170. The molecule has 2 N–H and O–H groups in total. The highest BCUT2D eigenvalue weighted by Crippen LogP contribution is 2.44. The third kappa shape index (κ3) is 2.38. The van der Waals surface area contributed by atoms with E-state index in [2.05, 4.69) is 13.8 Å². The maximum Gasteiger partial charge on any atom is 0.0185 e. The molecule has 2 fully saturated rings. The zero-order chi connectivity index (χ0) is 10.9. The fourth-order valence-electron chi connectivity index (χ4n) is 3.88. The second kappa shape index (κ2) is 4.45. The molecule has 0 bridgehead atoms. The number of rotatable bonds is 2. The highest BCUT2D eigenvalue weighted by molar-refractivity contribution is 4.98. The lowest BCUT2D eigenvalue weighted by Gasteiger charge is -2.39. The van der Waals surface area contributed by atoms with Crippen LogP contribution in [-0.4, -0.2) is 5.54 Å². The van der Waals surface area contributed by atoms with Gasteiger partial charge in [0.25, 0.3) is 0 Å². The molecular weight excluding hydrogens is 182 g/mol. The summed E-state index contributed by atoms with van der Waals surface area (Å²) in [5, 5.41) is 0. The molecule has 0 saturated heterocycles. The molecule has 0 radical (unpaired) electrons. The van der Waals surface area contributed by atoms with Gasteiger partial charge < -0.3 is 5.73 Å². The molecule has 0 aliphatic heterocycles. The van der Waals surface area contributed by atoms with Crippen LogP contribution in [0.3, 0.4) is 0 Å². The predicted molar refractivity (Wildman–Crippen MR) is 65.7 cm³/mol. The first-order valence-corrected chi connectivity index (χ1v) is 6.93. The van der Waals surface area contributed by atoms with Crippen LogP contribution in [0.2, 0.25) is 0 Å². The second-order valence-corrected chi connectivity index (χ2v) is 6.21. The summed E-state index contributed by atoms with van der Waals surface area (Å²) in [5.41, 5.74) is 6.83. The van der Waals surface area contributed by atoms with Gasteiger partial charge in [0, 0.05) is 5.54 Å². The highest BCUT2D eigenvalue weighted by atomic mass is 14.8. The molecule has 88 valence electrons. The molecule has 1 heteroatoms. The molecule has 0 heterocycles. The average molecular weight is 209 g/mol. The van der Waals surface area contributed by atoms with Crippen LogP contribution >= 0.6 is 0 Å². The lowest BCUT2D eigenvalue weighted by atomic mass is 9.70. The molecule has 0 aromatic heterocycles. The zero-order valence-corrected chi connectivity index (χ0v) is 10.5. The van der Waals surface area contributed by atoms with Gasteiger partial charge in [0.15, 0.2) is 0 Å². The van der Waals surface area contributed by atoms with Crippen molar-refractivity contribution in [3.8, 4) is 0 Å². The summed E-state index contributed by atoms with van der Waals surface area (Å²) in [6.07, 6.45) is 11.0. The van der Waals surface area contributed by atoms with Crippen LogP contribution in [0.1, 0.15) is 65.2 Å².